The summed E-state index contributed by atoms with van der Waals surface area (Å²) in [4.78, 5) is 0. The van der Waals surface area contributed by atoms with Crippen LogP contribution in [0.3, 0.4) is 0 Å². The van der Waals surface area contributed by atoms with Gasteiger partial charge in [0.1, 0.15) is 0 Å². The van der Waals surface area contributed by atoms with Gasteiger partial charge in [0.05, 0.1) is 20.6 Å². The molecule has 1 unspecified atom stereocenters. The third-order valence-electron chi connectivity index (χ3n) is 3.33. The lowest BCUT2D eigenvalue weighted by Gasteiger charge is -2.34. The van der Waals surface area contributed by atoms with E-state index in [9.17, 15) is 8.42 Å². The van der Waals surface area contributed by atoms with Crippen LogP contribution in [0.5, 0.6) is 0 Å². The molecule has 0 rings (SSSR count). The van der Waals surface area contributed by atoms with E-state index in [4.69, 9.17) is 4.55 Å². The van der Waals surface area contributed by atoms with Crippen molar-refractivity contribution >= 4 is 10.4 Å². The van der Waals surface area contributed by atoms with Crippen LogP contribution >= 0.6 is 0 Å². The van der Waals surface area contributed by atoms with Crippen LogP contribution in [0.4, 0.5) is 0 Å². The van der Waals surface area contributed by atoms with E-state index >= 15 is 0 Å². The van der Waals surface area contributed by atoms with Crippen LogP contribution in [0.1, 0.15) is 52.4 Å². The molecule has 0 fully saturated rings. The molecule has 110 valence electrons. The molecule has 0 aliphatic heterocycles. The van der Waals surface area contributed by atoms with E-state index in [1.165, 1.54) is 25.7 Å². The number of quaternary nitrogens is 1. The predicted molar refractivity (Wildman–Crippen MR) is 72.4 cm³/mol. The second-order valence-electron chi connectivity index (χ2n) is 5.39. The van der Waals surface area contributed by atoms with Crippen molar-refractivity contribution in [1.29, 1.82) is 0 Å². The summed E-state index contributed by atoms with van der Waals surface area (Å²) in [6, 6.07) is 0. The SMILES string of the molecule is CCCCCCCC[N+](C)(C)C(C)OS(=O)(=O)O. The number of unbranched alkanes of at least 4 members (excludes halogenated alkanes) is 5. The molecule has 0 aliphatic rings. The number of hydrogen-bond acceptors (Lipinski definition) is 3. The van der Waals surface area contributed by atoms with E-state index in [0.29, 0.717) is 4.48 Å². The molecule has 0 radical (unpaired) electrons. The zero-order valence-corrected chi connectivity index (χ0v) is 12.9. The normalized spacial score (nSPS) is 14.7. The van der Waals surface area contributed by atoms with E-state index in [2.05, 4.69) is 11.1 Å². The highest BCUT2D eigenvalue weighted by molar-refractivity contribution is 7.80. The summed E-state index contributed by atoms with van der Waals surface area (Å²) in [7, 11) is -0.555. The molecule has 0 aliphatic carbocycles. The van der Waals surface area contributed by atoms with Crippen LogP contribution in [0.25, 0.3) is 0 Å². The Morgan fingerprint density at radius 1 is 1.11 bits per heavy atom. The van der Waals surface area contributed by atoms with Crippen LogP contribution in [0.2, 0.25) is 0 Å². The molecule has 0 saturated carbocycles. The van der Waals surface area contributed by atoms with Gasteiger partial charge in [0.25, 0.3) is 0 Å². The van der Waals surface area contributed by atoms with Gasteiger partial charge in [-0.3, -0.25) is 4.55 Å². The van der Waals surface area contributed by atoms with Crippen LogP contribution in [-0.4, -0.2) is 44.3 Å². The minimum Gasteiger partial charge on any atom is -0.303 e. The Bertz CT molecular complexity index is 314. The molecule has 18 heavy (non-hydrogen) atoms. The molecular formula is C12H28NO4S+. The van der Waals surface area contributed by atoms with Crippen molar-refractivity contribution in [1.82, 2.24) is 0 Å². The first-order valence-electron chi connectivity index (χ1n) is 6.67. The summed E-state index contributed by atoms with van der Waals surface area (Å²) in [6.45, 7) is 4.68. The molecule has 5 nitrogen and oxygen atoms in total. The van der Waals surface area contributed by atoms with E-state index in [1.807, 2.05) is 14.1 Å². The summed E-state index contributed by atoms with van der Waals surface area (Å²) in [5.74, 6) is 0. The van der Waals surface area contributed by atoms with Crippen LogP contribution in [0.15, 0.2) is 0 Å². The monoisotopic (exact) mass is 282 g/mol. The average molecular weight is 282 g/mol. The van der Waals surface area contributed by atoms with Gasteiger partial charge >= 0.3 is 10.4 Å². The zero-order chi connectivity index (χ0) is 14.2. The lowest BCUT2D eigenvalue weighted by atomic mass is 10.1. The number of hydrogen-bond donors (Lipinski definition) is 1. The molecule has 0 aromatic rings. The van der Waals surface area contributed by atoms with Gasteiger partial charge in [-0.1, -0.05) is 32.6 Å². The maximum Gasteiger partial charge on any atom is 0.402 e. The quantitative estimate of drug-likeness (QED) is 0.289. The second kappa shape index (κ2) is 8.09. The van der Waals surface area contributed by atoms with Crippen molar-refractivity contribution in [3.05, 3.63) is 0 Å². The topological polar surface area (TPSA) is 63.6 Å². The summed E-state index contributed by atoms with van der Waals surface area (Å²) in [6.07, 6.45) is 6.62. The lowest BCUT2D eigenvalue weighted by molar-refractivity contribution is -0.931. The number of rotatable bonds is 10. The Labute approximate surface area is 112 Å². The standard InChI is InChI=1S/C12H27NO4S/c1-5-6-7-8-9-10-11-13(3,4)12(2)17-18(14,15)16/h12H,5-11H2,1-4H3/p+1. The Hall–Kier alpha value is -0.170. The average Bonchev–Trinajstić information content (AvgIpc) is 2.20. The van der Waals surface area contributed by atoms with Gasteiger partial charge in [0.2, 0.25) is 6.23 Å². The lowest BCUT2D eigenvalue weighted by Crippen LogP contribution is -2.49. The minimum atomic E-state index is -4.36. The Balaban J connectivity index is 3.92. The van der Waals surface area contributed by atoms with Gasteiger partial charge in [0.15, 0.2) is 0 Å². The Morgan fingerprint density at radius 2 is 1.61 bits per heavy atom. The largest absolute Gasteiger partial charge is 0.402 e. The fourth-order valence-corrected chi connectivity index (χ4v) is 2.36. The van der Waals surface area contributed by atoms with Crippen molar-refractivity contribution < 1.29 is 21.6 Å². The highest BCUT2D eigenvalue weighted by Crippen LogP contribution is 2.13. The highest BCUT2D eigenvalue weighted by atomic mass is 32.3. The van der Waals surface area contributed by atoms with Gasteiger partial charge in [-0.05, 0) is 12.8 Å². The van der Waals surface area contributed by atoms with Gasteiger partial charge in [-0.2, -0.15) is 12.6 Å². The maximum absolute atomic E-state index is 10.7. The molecule has 0 heterocycles. The summed E-state index contributed by atoms with van der Waals surface area (Å²) in [5, 5.41) is 0. The smallest absolute Gasteiger partial charge is 0.303 e. The Morgan fingerprint density at radius 3 is 2.11 bits per heavy atom. The van der Waals surface area contributed by atoms with Crippen molar-refractivity contribution in [2.75, 3.05) is 20.6 Å². The van der Waals surface area contributed by atoms with Gasteiger partial charge in [-0.15, -0.1) is 0 Å². The van der Waals surface area contributed by atoms with Crippen molar-refractivity contribution in [3.8, 4) is 0 Å². The summed E-state index contributed by atoms with van der Waals surface area (Å²) >= 11 is 0. The van der Waals surface area contributed by atoms with Gasteiger partial charge < -0.3 is 4.48 Å². The molecular weight excluding hydrogens is 254 g/mol. The molecule has 0 spiro atoms. The van der Waals surface area contributed by atoms with Crippen molar-refractivity contribution in [2.24, 2.45) is 0 Å². The van der Waals surface area contributed by atoms with E-state index in [-0.39, 0.29) is 0 Å². The van der Waals surface area contributed by atoms with Gasteiger partial charge in [-0.25, -0.2) is 0 Å². The third-order valence-corrected chi connectivity index (χ3v) is 3.85. The van der Waals surface area contributed by atoms with Crippen LogP contribution in [-0.2, 0) is 14.6 Å². The highest BCUT2D eigenvalue weighted by Gasteiger charge is 2.28. The third kappa shape index (κ3) is 8.85. The minimum absolute atomic E-state index is 0.424. The molecule has 1 atom stereocenters. The molecule has 0 aromatic heterocycles. The molecule has 0 bridgehead atoms. The summed E-state index contributed by atoms with van der Waals surface area (Å²) in [5.41, 5.74) is 0. The fraction of sp³-hybridized carbons (Fsp3) is 1.00. The fourth-order valence-electron chi connectivity index (χ4n) is 1.77. The predicted octanol–water partition coefficient (Wildman–Crippen LogP) is 2.59. The first-order chi connectivity index (χ1) is 8.19. The second-order valence-corrected chi connectivity index (χ2v) is 6.44. The molecule has 0 aromatic carbocycles. The maximum atomic E-state index is 10.7. The van der Waals surface area contributed by atoms with E-state index in [0.717, 1.165) is 19.4 Å². The van der Waals surface area contributed by atoms with Crippen LogP contribution < -0.4 is 0 Å². The Kier molecular flexibility index (Phi) is 8.02. The van der Waals surface area contributed by atoms with Gasteiger partial charge in [0, 0.05) is 6.92 Å². The first-order valence-corrected chi connectivity index (χ1v) is 8.04. The van der Waals surface area contributed by atoms with Crippen LogP contribution in [0, 0.1) is 0 Å². The van der Waals surface area contributed by atoms with E-state index < -0.39 is 16.6 Å². The van der Waals surface area contributed by atoms with Crippen molar-refractivity contribution in [3.63, 3.8) is 0 Å². The molecule has 1 N–H and O–H groups in total. The molecule has 0 saturated heterocycles. The zero-order valence-electron chi connectivity index (χ0n) is 12.1. The molecule has 0 amide bonds. The van der Waals surface area contributed by atoms with Crippen molar-refractivity contribution in [2.45, 2.75) is 58.6 Å². The van der Waals surface area contributed by atoms with E-state index in [1.54, 1.807) is 6.92 Å². The molecule has 6 heteroatoms. The summed E-state index contributed by atoms with van der Waals surface area (Å²) < 4.78 is 35.0. The first kappa shape index (κ1) is 17.8. The number of nitrogens with zero attached hydrogens (tertiary/aromatic N) is 1.